The van der Waals surface area contributed by atoms with Crippen LogP contribution in [0.2, 0.25) is 0 Å². The van der Waals surface area contributed by atoms with E-state index in [1.54, 1.807) is 13.8 Å². The first kappa shape index (κ1) is 12.4. The topological polar surface area (TPSA) is 43.7 Å². The molecule has 4 heteroatoms. The molecule has 1 unspecified atom stereocenters. The van der Waals surface area contributed by atoms with Gasteiger partial charge in [0.2, 0.25) is 0 Å². The van der Waals surface area contributed by atoms with Crippen molar-refractivity contribution in [2.75, 3.05) is 25.5 Å². The Bertz CT molecular complexity index is 125. The molecule has 0 aliphatic carbocycles. The van der Waals surface area contributed by atoms with Crippen LogP contribution in [0, 0.1) is 0 Å². The van der Waals surface area contributed by atoms with E-state index in [9.17, 15) is 10.2 Å². The smallest absolute Gasteiger partial charge is 0.0763 e. The minimum absolute atomic E-state index is 0.364. The summed E-state index contributed by atoms with van der Waals surface area (Å²) < 4.78 is 0. The Kier molecular flexibility index (Phi) is 5.32. The molecular weight excluding hydrogens is 222 g/mol. The van der Waals surface area contributed by atoms with Gasteiger partial charge in [-0.2, -0.15) is 0 Å². The van der Waals surface area contributed by atoms with Crippen LogP contribution >= 0.6 is 15.9 Å². The lowest BCUT2D eigenvalue weighted by atomic mass is 10.1. The van der Waals surface area contributed by atoms with E-state index in [1.165, 1.54) is 0 Å². The van der Waals surface area contributed by atoms with Gasteiger partial charge in [-0.15, -0.1) is 0 Å². The van der Waals surface area contributed by atoms with Gasteiger partial charge in [0.1, 0.15) is 0 Å². The lowest BCUT2D eigenvalue weighted by molar-refractivity contribution is 0.0320. The average Bonchev–Trinajstić information content (AvgIpc) is 1.82. The highest BCUT2D eigenvalue weighted by Crippen LogP contribution is 2.04. The number of hydrogen-bond acceptors (Lipinski definition) is 3. The fourth-order valence-electron chi connectivity index (χ4n) is 1.13. The first-order chi connectivity index (χ1) is 5.35. The maximum Gasteiger partial charge on any atom is 0.0763 e. The van der Waals surface area contributed by atoms with E-state index in [4.69, 9.17) is 0 Å². The average molecular weight is 240 g/mol. The van der Waals surface area contributed by atoms with Crippen LogP contribution in [0.1, 0.15) is 13.8 Å². The molecule has 0 aliphatic heterocycles. The Balaban J connectivity index is 3.66. The number of alkyl halides is 1. The normalized spacial score (nSPS) is 15.2. The number of likely N-dealkylation sites (N-methyl/N-ethyl adjacent to an activating group) is 1. The molecule has 0 spiro atoms. The van der Waals surface area contributed by atoms with Crippen LogP contribution in [0.3, 0.4) is 0 Å². The molecule has 0 aromatic rings. The minimum atomic E-state index is -0.694. The third-order valence-electron chi connectivity index (χ3n) is 1.36. The molecule has 2 N–H and O–H groups in total. The number of rotatable bonds is 5. The van der Waals surface area contributed by atoms with Gasteiger partial charge >= 0.3 is 0 Å². The van der Waals surface area contributed by atoms with Gasteiger partial charge in [-0.05, 0) is 20.9 Å². The van der Waals surface area contributed by atoms with Crippen molar-refractivity contribution in [3.8, 4) is 0 Å². The van der Waals surface area contributed by atoms with Gasteiger partial charge in [0, 0.05) is 18.4 Å². The Morgan fingerprint density at radius 2 is 2.00 bits per heavy atom. The molecule has 0 bridgehead atoms. The predicted molar refractivity (Wildman–Crippen MR) is 53.6 cm³/mol. The van der Waals surface area contributed by atoms with E-state index in [-0.39, 0.29) is 6.10 Å². The van der Waals surface area contributed by atoms with Crippen molar-refractivity contribution in [2.24, 2.45) is 0 Å². The second-order valence-electron chi connectivity index (χ2n) is 3.82. The lowest BCUT2D eigenvalue weighted by Gasteiger charge is -2.26. The van der Waals surface area contributed by atoms with Gasteiger partial charge in [-0.1, -0.05) is 15.9 Å². The van der Waals surface area contributed by atoms with Gasteiger partial charge in [0.15, 0.2) is 0 Å². The highest BCUT2D eigenvalue weighted by molar-refractivity contribution is 9.09. The fourth-order valence-corrected chi connectivity index (χ4v) is 1.34. The molecule has 0 aromatic heterocycles. The second kappa shape index (κ2) is 5.17. The van der Waals surface area contributed by atoms with Crippen LogP contribution in [0.5, 0.6) is 0 Å². The summed E-state index contributed by atoms with van der Waals surface area (Å²) in [7, 11) is 1.88. The van der Waals surface area contributed by atoms with Gasteiger partial charge in [-0.3, -0.25) is 0 Å². The molecule has 12 heavy (non-hydrogen) atoms. The summed E-state index contributed by atoms with van der Waals surface area (Å²) in [5.74, 6) is 0. The number of halogens is 1. The minimum Gasteiger partial charge on any atom is -0.391 e. The van der Waals surface area contributed by atoms with Crippen molar-refractivity contribution in [3.05, 3.63) is 0 Å². The quantitative estimate of drug-likeness (QED) is 0.685. The molecule has 1 atom stereocenters. The molecular formula is C8H18BrNO2. The highest BCUT2D eigenvalue weighted by Gasteiger charge is 2.16. The maximum atomic E-state index is 9.44. The third-order valence-corrected chi connectivity index (χ3v) is 2.10. The molecule has 0 fully saturated rings. The van der Waals surface area contributed by atoms with Gasteiger partial charge in [0.25, 0.3) is 0 Å². The Morgan fingerprint density at radius 1 is 1.50 bits per heavy atom. The molecule has 0 amide bonds. The van der Waals surface area contributed by atoms with Crippen LogP contribution in [-0.2, 0) is 0 Å². The molecule has 0 saturated heterocycles. The Morgan fingerprint density at radius 3 is 2.33 bits per heavy atom. The second-order valence-corrected chi connectivity index (χ2v) is 4.46. The Hall–Kier alpha value is 0.360. The number of hydrogen-bond donors (Lipinski definition) is 2. The zero-order chi connectivity index (χ0) is 9.78. The molecule has 0 radical (unpaired) electrons. The van der Waals surface area contributed by atoms with E-state index in [1.807, 2.05) is 11.9 Å². The highest BCUT2D eigenvalue weighted by atomic mass is 79.9. The summed E-state index contributed by atoms with van der Waals surface area (Å²) >= 11 is 3.18. The largest absolute Gasteiger partial charge is 0.391 e. The van der Waals surface area contributed by atoms with Gasteiger partial charge in [-0.25, -0.2) is 0 Å². The van der Waals surface area contributed by atoms with Crippen LogP contribution in [0.15, 0.2) is 0 Å². The standard InChI is InChI=1S/C8H18BrNO2/c1-8(2,12)6-10(3)5-7(11)4-9/h7,11-12H,4-6H2,1-3H3. The van der Waals surface area contributed by atoms with E-state index in [0.717, 1.165) is 0 Å². The molecule has 0 aliphatic rings. The molecule has 3 nitrogen and oxygen atoms in total. The van der Waals surface area contributed by atoms with Crippen LogP contribution < -0.4 is 0 Å². The van der Waals surface area contributed by atoms with Gasteiger partial charge in [0.05, 0.1) is 11.7 Å². The van der Waals surface area contributed by atoms with Crippen molar-refractivity contribution in [3.63, 3.8) is 0 Å². The molecule has 0 saturated carbocycles. The van der Waals surface area contributed by atoms with E-state index in [2.05, 4.69) is 15.9 Å². The predicted octanol–water partition coefficient (Wildman–Crippen LogP) is 0.445. The Labute approximate surface area is 82.5 Å². The van der Waals surface area contributed by atoms with Crippen LogP contribution in [0.25, 0.3) is 0 Å². The summed E-state index contributed by atoms with van der Waals surface area (Å²) in [5, 5.41) is 19.3. The molecule has 0 aromatic carbocycles. The number of aliphatic hydroxyl groups is 2. The summed E-state index contributed by atoms with van der Waals surface area (Å²) in [6, 6.07) is 0. The van der Waals surface area contributed by atoms with Crippen molar-refractivity contribution < 1.29 is 10.2 Å². The van der Waals surface area contributed by atoms with Crippen molar-refractivity contribution in [2.45, 2.75) is 25.6 Å². The molecule has 0 heterocycles. The van der Waals surface area contributed by atoms with Crippen molar-refractivity contribution >= 4 is 15.9 Å². The zero-order valence-corrected chi connectivity index (χ0v) is 9.50. The first-order valence-corrected chi connectivity index (χ1v) is 5.12. The fraction of sp³-hybridized carbons (Fsp3) is 1.00. The SMILES string of the molecule is CN(CC(O)CBr)CC(C)(C)O. The van der Waals surface area contributed by atoms with E-state index in [0.29, 0.717) is 18.4 Å². The monoisotopic (exact) mass is 239 g/mol. The first-order valence-electron chi connectivity index (χ1n) is 4.00. The maximum absolute atomic E-state index is 9.44. The van der Waals surface area contributed by atoms with Crippen LogP contribution in [0.4, 0.5) is 0 Å². The van der Waals surface area contributed by atoms with Gasteiger partial charge < -0.3 is 15.1 Å². The zero-order valence-electron chi connectivity index (χ0n) is 7.92. The summed E-state index contributed by atoms with van der Waals surface area (Å²) in [6.45, 7) is 4.65. The summed E-state index contributed by atoms with van der Waals surface area (Å²) in [6.07, 6.45) is -0.364. The van der Waals surface area contributed by atoms with E-state index >= 15 is 0 Å². The molecule has 74 valence electrons. The summed E-state index contributed by atoms with van der Waals surface area (Å²) in [4.78, 5) is 1.91. The lowest BCUT2D eigenvalue weighted by Crippen LogP contribution is -2.40. The van der Waals surface area contributed by atoms with Crippen molar-refractivity contribution in [1.29, 1.82) is 0 Å². The number of aliphatic hydroxyl groups excluding tert-OH is 1. The van der Waals surface area contributed by atoms with Crippen molar-refractivity contribution in [1.82, 2.24) is 4.90 Å². The molecule has 0 rings (SSSR count). The van der Waals surface area contributed by atoms with Crippen LogP contribution in [-0.4, -0.2) is 52.3 Å². The summed E-state index contributed by atoms with van der Waals surface area (Å²) in [5.41, 5.74) is -0.694. The third kappa shape index (κ3) is 7.03. The number of nitrogens with zero attached hydrogens (tertiary/aromatic N) is 1. The van der Waals surface area contributed by atoms with E-state index < -0.39 is 5.60 Å².